The Balaban J connectivity index is 1.59. The molecule has 3 aromatic heterocycles. The molecule has 4 heterocycles. The van der Waals surface area contributed by atoms with Gasteiger partial charge in [0.15, 0.2) is 0 Å². The van der Waals surface area contributed by atoms with Crippen molar-refractivity contribution in [3.63, 3.8) is 0 Å². The third kappa shape index (κ3) is 3.49. The molecule has 1 aliphatic heterocycles. The Labute approximate surface area is 160 Å². The van der Waals surface area contributed by atoms with E-state index >= 15 is 0 Å². The molecular weight excluding hydrogens is 364 g/mol. The number of hydrogen-bond acceptors (Lipinski definition) is 5. The van der Waals surface area contributed by atoms with Crippen LogP contribution in [0, 0.1) is 12.8 Å². The number of aromatic nitrogens is 2. The van der Waals surface area contributed by atoms with E-state index in [1.54, 1.807) is 18.4 Å². The van der Waals surface area contributed by atoms with E-state index in [0.29, 0.717) is 40.0 Å². The van der Waals surface area contributed by atoms with Gasteiger partial charge < -0.3 is 9.73 Å². The number of nitrogens with zero attached hydrogens (tertiary/aromatic N) is 2. The number of thiophene rings is 1. The molecule has 4 rings (SSSR count). The zero-order valence-electron chi connectivity index (χ0n) is 15.4. The molecule has 3 aromatic rings. The molecule has 0 unspecified atom stereocenters. The van der Waals surface area contributed by atoms with E-state index in [9.17, 15) is 9.59 Å². The SMILES string of the molecule is Cc1c(NC(=O)NCc2ccco2)sc2nc3n(c(=O)c12)CC[C@H](C)CC3. The van der Waals surface area contributed by atoms with E-state index in [2.05, 4.69) is 17.6 Å². The van der Waals surface area contributed by atoms with Crippen molar-refractivity contribution < 1.29 is 9.21 Å². The van der Waals surface area contributed by atoms with Crippen molar-refractivity contribution in [3.05, 3.63) is 45.9 Å². The quantitative estimate of drug-likeness (QED) is 0.719. The molecule has 0 aliphatic carbocycles. The number of anilines is 1. The van der Waals surface area contributed by atoms with Gasteiger partial charge in [0.1, 0.15) is 21.4 Å². The number of carbonyl (C=O) groups is 1. The van der Waals surface area contributed by atoms with Crippen molar-refractivity contribution in [1.29, 1.82) is 0 Å². The topological polar surface area (TPSA) is 89.2 Å². The number of carbonyl (C=O) groups excluding carboxylic acids is 1. The van der Waals surface area contributed by atoms with Crippen LogP contribution in [0.3, 0.4) is 0 Å². The lowest BCUT2D eigenvalue weighted by Crippen LogP contribution is -2.28. The second-order valence-corrected chi connectivity index (χ2v) is 8.04. The van der Waals surface area contributed by atoms with Crippen molar-refractivity contribution in [1.82, 2.24) is 14.9 Å². The average Bonchev–Trinajstić information content (AvgIpc) is 3.21. The van der Waals surface area contributed by atoms with E-state index in [1.807, 2.05) is 11.5 Å². The first-order valence-electron chi connectivity index (χ1n) is 9.13. The predicted octanol–water partition coefficient (Wildman–Crippen LogP) is 3.65. The predicted molar refractivity (Wildman–Crippen MR) is 105 cm³/mol. The lowest BCUT2D eigenvalue weighted by molar-refractivity contribution is 0.251. The summed E-state index contributed by atoms with van der Waals surface area (Å²) in [4.78, 5) is 30.7. The Morgan fingerprint density at radius 3 is 3.07 bits per heavy atom. The number of fused-ring (bicyclic) bond motifs is 2. The fourth-order valence-corrected chi connectivity index (χ4v) is 4.48. The molecule has 8 heteroatoms. The van der Waals surface area contributed by atoms with Crippen LogP contribution in [-0.2, 0) is 19.5 Å². The van der Waals surface area contributed by atoms with Crippen LogP contribution >= 0.6 is 11.3 Å². The van der Waals surface area contributed by atoms with Crippen LogP contribution in [0.1, 0.15) is 36.9 Å². The minimum Gasteiger partial charge on any atom is -0.467 e. The van der Waals surface area contributed by atoms with Crippen LogP contribution in [0.25, 0.3) is 10.2 Å². The minimum atomic E-state index is -0.337. The lowest BCUT2D eigenvalue weighted by atomic mass is 10.0. The highest BCUT2D eigenvalue weighted by Crippen LogP contribution is 2.32. The summed E-state index contributed by atoms with van der Waals surface area (Å²) in [6, 6.07) is 3.23. The molecule has 7 nitrogen and oxygen atoms in total. The van der Waals surface area contributed by atoms with Crippen molar-refractivity contribution in [2.75, 3.05) is 5.32 Å². The normalized spacial score (nSPS) is 16.7. The minimum absolute atomic E-state index is 0.00175. The molecule has 27 heavy (non-hydrogen) atoms. The van der Waals surface area contributed by atoms with Crippen LogP contribution in [0.2, 0.25) is 0 Å². The van der Waals surface area contributed by atoms with Gasteiger partial charge in [-0.3, -0.25) is 14.7 Å². The standard InChI is InChI=1S/C19H22N4O3S/c1-11-5-6-14-21-17-15(18(24)23(14)8-7-11)12(2)16(27-17)22-19(25)20-10-13-4-3-9-26-13/h3-4,9,11H,5-8,10H2,1-2H3,(H2,20,22,25)/t11-/m1/s1. The maximum Gasteiger partial charge on any atom is 0.320 e. The fourth-order valence-electron chi connectivity index (χ4n) is 3.40. The Kier molecular flexibility index (Phi) is 4.73. The molecule has 2 amide bonds. The summed E-state index contributed by atoms with van der Waals surface area (Å²) in [6.45, 7) is 5.08. The summed E-state index contributed by atoms with van der Waals surface area (Å²) in [6.07, 6.45) is 4.41. The molecule has 0 fully saturated rings. The van der Waals surface area contributed by atoms with Crippen molar-refractivity contribution in [2.45, 2.75) is 46.2 Å². The van der Waals surface area contributed by atoms with Crippen molar-refractivity contribution in [3.8, 4) is 0 Å². The number of hydrogen-bond donors (Lipinski definition) is 2. The fraction of sp³-hybridized carbons (Fsp3) is 0.421. The van der Waals surface area contributed by atoms with Gasteiger partial charge in [-0.2, -0.15) is 0 Å². The summed E-state index contributed by atoms with van der Waals surface area (Å²) in [7, 11) is 0. The third-order valence-corrected chi connectivity index (χ3v) is 6.17. The van der Waals surface area contributed by atoms with Gasteiger partial charge >= 0.3 is 6.03 Å². The van der Waals surface area contributed by atoms with Crippen LogP contribution < -0.4 is 16.2 Å². The van der Waals surface area contributed by atoms with Gasteiger partial charge in [0.05, 0.1) is 18.2 Å². The Morgan fingerprint density at radius 1 is 1.44 bits per heavy atom. The second kappa shape index (κ2) is 7.19. The van der Waals surface area contributed by atoms with Gasteiger partial charge in [0.25, 0.3) is 5.56 Å². The van der Waals surface area contributed by atoms with Crippen LogP contribution in [0.4, 0.5) is 9.80 Å². The molecule has 0 radical (unpaired) electrons. The lowest BCUT2D eigenvalue weighted by Gasteiger charge is -2.08. The number of nitrogens with one attached hydrogen (secondary N) is 2. The zero-order chi connectivity index (χ0) is 19.0. The average molecular weight is 386 g/mol. The van der Waals surface area contributed by atoms with Gasteiger partial charge in [-0.15, -0.1) is 0 Å². The van der Waals surface area contributed by atoms with Crippen LogP contribution in [0.15, 0.2) is 27.6 Å². The van der Waals surface area contributed by atoms with Gasteiger partial charge in [-0.05, 0) is 43.4 Å². The Hall–Kier alpha value is -2.61. The summed E-state index contributed by atoms with van der Waals surface area (Å²) in [5.74, 6) is 2.13. The Morgan fingerprint density at radius 2 is 2.30 bits per heavy atom. The number of furan rings is 1. The molecule has 142 valence electrons. The number of urea groups is 1. The van der Waals surface area contributed by atoms with Gasteiger partial charge in [0.2, 0.25) is 0 Å². The van der Waals surface area contributed by atoms with Crippen LogP contribution in [0.5, 0.6) is 0 Å². The Bertz CT molecular complexity index is 1040. The highest BCUT2D eigenvalue weighted by molar-refractivity contribution is 7.22. The van der Waals surface area contributed by atoms with E-state index in [0.717, 1.165) is 30.7 Å². The summed E-state index contributed by atoms with van der Waals surface area (Å²) >= 11 is 1.35. The van der Waals surface area contributed by atoms with Gasteiger partial charge in [-0.1, -0.05) is 18.3 Å². The maximum atomic E-state index is 13.0. The summed E-state index contributed by atoms with van der Waals surface area (Å²) < 4.78 is 7.01. The van der Waals surface area contributed by atoms with Gasteiger partial charge in [-0.25, -0.2) is 9.78 Å². The molecule has 0 bridgehead atoms. The first-order valence-corrected chi connectivity index (χ1v) is 9.94. The number of aryl methyl sites for hydroxylation is 2. The molecule has 0 saturated carbocycles. The molecule has 2 N–H and O–H groups in total. The van der Waals surface area contributed by atoms with E-state index in [4.69, 9.17) is 9.40 Å². The number of amides is 2. The largest absolute Gasteiger partial charge is 0.467 e. The first kappa shape index (κ1) is 17.8. The molecular formula is C19H22N4O3S. The van der Waals surface area contributed by atoms with Gasteiger partial charge in [0, 0.05) is 13.0 Å². The smallest absolute Gasteiger partial charge is 0.320 e. The van der Waals surface area contributed by atoms with E-state index < -0.39 is 0 Å². The molecule has 0 aromatic carbocycles. The second-order valence-electron chi connectivity index (χ2n) is 7.04. The van der Waals surface area contributed by atoms with Crippen molar-refractivity contribution in [2.24, 2.45) is 5.92 Å². The molecule has 0 saturated heterocycles. The van der Waals surface area contributed by atoms with E-state index in [1.165, 1.54) is 11.3 Å². The summed E-state index contributed by atoms with van der Waals surface area (Å²) in [5, 5.41) is 6.85. The third-order valence-electron chi connectivity index (χ3n) is 5.07. The molecule has 1 atom stereocenters. The maximum absolute atomic E-state index is 13.0. The number of rotatable bonds is 3. The molecule has 0 spiro atoms. The first-order chi connectivity index (χ1) is 13.0. The summed E-state index contributed by atoms with van der Waals surface area (Å²) in [5.41, 5.74) is 0.773. The zero-order valence-corrected chi connectivity index (χ0v) is 16.2. The van der Waals surface area contributed by atoms with Crippen LogP contribution in [-0.4, -0.2) is 15.6 Å². The molecule has 1 aliphatic rings. The van der Waals surface area contributed by atoms with E-state index in [-0.39, 0.29) is 11.6 Å². The monoisotopic (exact) mass is 386 g/mol. The highest BCUT2D eigenvalue weighted by atomic mass is 32.1. The van der Waals surface area contributed by atoms with Crippen molar-refractivity contribution >= 4 is 32.6 Å². The highest BCUT2D eigenvalue weighted by Gasteiger charge is 2.21.